The van der Waals surface area contributed by atoms with Crippen LogP contribution in [0.3, 0.4) is 0 Å². The smallest absolute Gasteiger partial charge is 0.361 e. The number of hydrogen-bond donors (Lipinski definition) is 0. The van der Waals surface area contributed by atoms with E-state index in [2.05, 4.69) is 104 Å². The Kier molecular flexibility index (Phi) is 3.95. The van der Waals surface area contributed by atoms with Crippen LogP contribution in [0.25, 0.3) is 11.4 Å². The Morgan fingerprint density at radius 3 is 2.48 bits per heavy atom. The zero-order valence-electron chi connectivity index (χ0n) is 18.5. The van der Waals surface area contributed by atoms with E-state index in [9.17, 15) is 0 Å². The molecule has 4 heteroatoms. The van der Waals surface area contributed by atoms with Crippen molar-refractivity contribution in [2.24, 2.45) is 0 Å². The molecule has 4 aromatic rings. The molecule has 3 heterocycles. The van der Waals surface area contributed by atoms with Crippen LogP contribution >= 0.6 is 0 Å². The molecular weight excluding hydrogens is 377 g/mol. The molecule has 0 radical (unpaired) electrons. The summed E-state index contributed by atoms with van der Waals surface area (Å²) in [4.78, 5) is 7.40. The van der Waals surface area contributed by atoms with Crippen molar-refractivity contribution in [1.82, 2.24) is 9.46 Å². The van der Waals surface area contributed by atoms with Crippen LogP contribution in [-0.2, 0) is 0 Å². The van der Waals surface area contributed by atoms with Gasteiger partial charge in [-0.15, -0.1) is 0 Å². The number of fused-ring (bicyclic) bond motifs is 10. The average Bonchev–Trinajstić information content (AvgIpc) is 3.23. The molecule has 0 saturated carbocycles. The van der Waals surface area contributed by atoms with Crippen molar-refractivity contribution >= 4 is 23.8 Å². The Labute approximate surface area is 184 Å². The molecule has 0 N–H and O–H groups in total. The Morgan fingerprint density at radius 2 is 1.65 bits per heavy atom. The number of anilines is 2. The van der Waals surface area contributed by atoms with Gasteiger partial charge in [0.2, 0.25) is 0 Å². The molecule has 2 aliphatic heterocycles. The third-order valence-electron chi connectivity index (χ3n) is 7.09. The van der Waals surface area contributed by atoms with Gasteiger partial charge in [-0.1, -0.05) is 69.3 Å². The molecule has 1 aromatic heterocycles. The lowest BCUT2D eigenvalue weighted by Crippen LogP contribution is -2.55. The first kappa shape index (κ1) is 18.5. The van der Waals surface area contributed by atoms with Crippen LogP contribution in [0, 0.1) is 6.92 Å². The molecule has 1 unspecified atom stereocenters. The van der Waals surface area contributed by atoms with E-state index < -0.39 is 0 Å². The summed E-state index contributed by atoms with van der Waals surface area (Å²) in [7, 11) is 0. The van der Waals surface area contributed by atoms with Gasteiger partial charge in [0.15, 0.2) is 0 Å². The van der Waals surface area contributed by atoms with Crippen molar-refractivity contribution in [2.45, 2.75) is 39.5 Å². The van der Waals surface area contributed by atoms with E-state index in [1.165, 1.54) is 44.7 Å². The first-order valence-electron chi connectivity index (χ1n) is 11.2. The van der Waals surface area contributed by atoms with E-state index in [1.54, 1.807) is 0 Å². The summed E-state index contributed by atoms with van der Waals surface area (Å²) in [5.74, 6) is 1.82. The maximum atomic E-state index is 4.84. The molecule has 3 nitrogen and oxygen atoms in total. The zero-order chi connectivity index (χ0) is 21.3. The Hall–Kier alpha value is -3.27. The number of aromatic nitrogens is 2. The number of rotatable bonds is 1. The van der Waals surface area contributed by atoms with E-state index in [4.69, 9.17) is 4.98 Å². The number of nitrogens with zero attached hydrogens (tertiary/aromatic N) is 3. The summed E-state index contributed by atoms with van der Waals surface area (Å²) in [6.45, 7) is 9.20. The number of para-hydroxylation sites is 1. The quantitative estimate of drug-likeness (QED) is 0.372. The first-order chi connectivity index (χ1) is 15.1. The maximum Gasteiger partial charge on any atom is 0.422 e. The van der Waals surface area contributed by atoms with Crippen molar-refractivity contribution in [2.75, 3.05) is 4.81 Å². The summed E-state index contributed by atoms with van der Waals surface area (Å²) < 4.78 is 2.38. The van der Waals surface area contributed by atoms with Crippen molar-refractivity contribution in [3.05, 3.63) is 95.3 Å². The minimum absolute atomic E-state index is 0.0477. The fourth-order valence-corrected chi connectivity index (χ4v) is 5.66. The lowest BCUT2D eigenvalue weighted by molar-refractivity contribution is 0.861. The van der Waals surface area contributed by atoms with E-state index in [-0.39, 0.29) is 6.98 Å². The molecule has 2 aliphatic rings. The molecule has 0 saturated heterocycles. The van der Waals surface area contributed by atoms with Gasteiger partial charge in [-0.25, -0.2) is 4.98 Å². The van der Waals surface area contributed by atoms with Crippen molar-refractivity contribution in [3.63, 3.8) is 0 Å². The van der Waals surface area contributed by atoms with E-state index in [1.807, 2.05) is 6.20 Å². The van der Waals surface area contributed by atoms with Gasteiger partial charge in [0.05, 0.1) is 0 Å². The van der Waals surface area contributed by atoms with Crippen molar-refractivity contribution in [1.29, 1.82) is 0 Å². The van der Waals surface area contributed by atoms with Gasteiger partial charge in [0.25, 0.3) is 0 Å². The van der Waals surface area contributed by atoms with Crippen LogP contribution in [0.1, 0.15) is 54.9 Å². The Bertz CT molecular complexity index is 1320. The maximum absolute atomic E-state index is 4.84. The van der Waals surface area contributed by atoms with Crippen LogP contribution in [0.15, 0.2) is 73.1 Å². The highest BCUT2D eigenvalue weighted by atomic mass is 15.2. The number of aryl methyl sites for hydroxylation is 1. The fraction of sp³-hybridized carbons (Fsp3) is 0.222. The molecule has 0 fully saturated rings. The molecule has 0 bridgehead atoms. The summed E-state index contributed by atoms with van der Waals surface area (Å²) in [5, 5.41) is 0. The minimum Gasteiger partial charge on any atom is -0.361 e. The number of hydrogen-bond acceptors (Lipinski definition) is 2. The predicted molar refractivity (Wildman–Crippen MR) is 130 cm³/mol. The topological polar surface area (TPSA) is 21.1 Å². The van der Waals surface area contributed by atoms with E-state index in [0.29, 0.717) is 11.8 Å². The average molecular weight is 403 g/mol. The number of benzene rings is 3. The second-order valence-corrected chi connectivity index (χ2v) is 9.16. The zero-order valence-corrected chi connectivity index (χ0v) is 18.5. The van der Waals surface area contributed by atoms with Crippen molar-refractivity contribution in [3.8, 4) is 11.4 Å². The van der Waals surface area contributed by atoms with Gasteiger partial charge in [0.1, 0.15) is 5.82 Å². The highest BCUT2D eigenvalue weighted by Crippen LogP contribution is 2.46. The van der Waals surface area contributed by atoms with Gasteiger partial charge < -0.3 is 9.29 Å². The molecule has 31 heavy (non-hydrogen) atoms. The van der Waals surface area contributed by atoms with Crippen molar-refractivity contribution < 1.29 is 0 Å². The number of imidazole rings is 1. The second-order valence-electron chi connectivity index (χ2n) is 9.16. The van der Waals surface area contributed by atoms with Crippen LogP contribution in [0.2, 0.25) is 0 Å². The third-order valence-corrected chi connectivity index (χ3v) is 7.09. The lowest BCUT2D eigenvalue weighted by atomic mass is 9.58. The van der Waals surface area contributed by atoms with Gasteiger partial charge in [-0.2, -0.15) is 0 Å². The monoisotopic (exact) mass is 403 g/mol. The van der Waals surface area contributed by atoms with E-state index >= 15 is 0 Å². The Morgan fingerprint density at radius 1 is 0.903 bits per heavy atom. The highest BCUT2D eigenvalue weighted by Gasteiger charge is 2.44. The largest absolute Gasteiger partial charge is 0.422 e. The fourth-order valence-electron chi connectivity index (χ4n) is 5.66. The van der Waals surface area contributed by atoms with E-state index in [0.717, 1.165) is 5.82 Å². The Balaban J connectivity index is 1.79. The molecule has 3 aromatic carbocycles. The minimum atomic E-state index is 0.0477. The van der Waals surface area contributed by atoms with Gasteiger partial charge >= 0.3 is 6.98 Å². The summed E-state index contributed by atoms with van der Waals surface area (Å²) in [6, 6.07) is 22.4. The third kappa shape index (κ3) is 2.45. The highest BCUT2D eigenvalue weighted by molar-refractivity contribution is 6.78. The van der Waals surface area contributed by atoms with Crippen LogP contribution in [0.4, 0.5) is 11.4 Å². The van der Waals surface area contributed by atoms with Crippen LogP contribution in [0.5, 0.6) is 0 Å². The van der Waals surface area contributed by atoms with Crippen LogP contribution < -0.4 is 10.3 Å². The molecule has 0 aliphatic carbocycles. The molecule has 1 atom stereocenters. The summed E-state index contributed by atoms with van der Waals surface area (Å²) >= 11 is 0. The second kappa shape index (κ2) is 6.62. The summed E-state index contributed by atoms with van der Waals surface area (Å²) in [6.07, 6.45) is 4.11. The normalized spacial score (nSPS) is 16.2. The lowest BCUT2D eigenvalue weighted by Gasteiger charge is -2.39. The van der Waals surface area contributed by atoms with Gasteiger partial charge in [0, 0.05) is 35.2 Å². The van der Waals surface area contributed by atoms with Gasteiger partial charge in [-0.05, 0) is 52.7 Å². The molecule has 152 valence electrons. The predicted octanol–water partition coefficient (Wildman–Crippen LogP) is 5.84. The van der Waals surface area contributed by atoms with Crippen LogP contribution in [-0.4, -0.2) is 16.4 Å². The SMILES string of the molecule is Cc1cccc2c1-c1nccn1B1c3c(C(C)C)cccc3C(C)c3ccccc3N12. The first-order valence-corrected chi connectivity index (χ1v) is 11.2. The molecule has 0 spiro atoms. The molecule has 0 amide bonds. The molecule has 6 rings (SSSR count). The summed E-state index contributed by atoms with van der Waals surface area (Å²) in [5.41, 5.74) is 10.7. The molecular formula is C27H26BN3. The standard InChI is InChI=1S/C27H26BN3/c1-17(2)20-11-8-12-22-19(4)21-10-5-6-13-23(21)31-24-14-7-9-18(3)25(24)27-29-15-16-30(27)28(31)26(20)22/h5-17,19H,1-4H3. The van der Waals surface area contributed by atoms with Gasteiger partial charge in [-0.3, -0.25) is 0 Å².